The zero-order valence-electron chi connectivity index (χ0n) is 17.5. The van der Waals surface area contributed by atoms with Crippen molar-refractivity contribution in [3.8, 4) is 5.75 Å². The number of pyridine rings is 1. The van der Waals surface area contributed by atoms with E-state index in [0.717, 1.165) is 0 Å². The molecule has 1 unspecified atom stereocenters. The quantitative estimate of drug-likeness (QED) is 0.290. The number of rotatable bonds is 6. The molecule has 1 amide bonds. The van der Waals surface area contributed by atoms with Crippen molar-refractivity contribution in [1.29, 1.82) is 0 Å². The molecule has 2 aromatic carbocycles. The number of anilines is 1. The van der Waals surface area contributed by atoms with Crippen LogP contribution in [0.1, 0.15) is 15.9 Å². The maximum Gasteiger partial charge on any atom is 0.457 e. The summed E-state index contributed by atoms with van der Waals surface area (Å²) in [6.45, 7) is -3.87. The molecule has 0 aliphatic rings. The molecule has 200 valence electrons. The van der Waals surface area contributed by atoms with Gasteiger partial charge in [-0.2, -0.15) is 43.9 Å². The summed E-state index contributed by atoms with van der Waals surface area (Å²) >= 11 is 2.50. The van der Waals surface area contributed by atoms with E-state index in [1.807, 2.05) is 5.32 Å². The standard InChI is InChI=1S/C21H10BrF11N2O2/c22-12-7-11(18(25,20(28,29)30)19(26,27)21(31,32)33)8-14(37-17(23)24)15(12)35-16(36)10-3-4-13-9(6-10)2-1-5-34-13/h1-8,17H,(H,35,36). The van der Waals surface area contributed by atoms with E-state index in [1.54, 1.807) is 6.07 Å². The van der Waals surface area contributed by atoms with Gasteiger partial charge >= 0.3 is 30.6 Å². The fourth-order valence-corrected chi connectivity index (χ4v) is 3.75. The number of carbonyl (C=O) groups is 1. The Balaban J connectivity index is 2.15. The zero-order chi connectivity index (χ0) is 28.0. The summed E-state index contributed by atoms with van der Waals surface area (Å²) in [6.07, 6.45) is -12.5. The average molecular weight is 611 g/mol. The Kier molecular flexibility index (Phi) is 7.38. The molecule has 1 N–H and O–H groups in total. The molecule has 0 aliphatic heterocycles. The Labute approximate surface area is 207 Å². The third kappa shape index (κ3) is 5.15. The molecule has 0 fully saturated rings. The summed E-state index contributed by atoms with van der Waals surface area (Å²) < 4.78 is 150. The van der Waals surface area contributed by atoms with Crippen LogP contribution in [0.5, 0.6) is 5.75 Å². The van der Waals surface area contributed by atoms with Crippen molar-refractivity contribution in [2.24, 2.45) is 0 Å². The van der Waals surface area contributed by atoms with Gasteiger partial charge in [0.05, 0.1) is 11.2 Å². The molecular weight excluding hydrogens is 601 g/mol. The highest BCUT2D eigenvalue weighted by Gasteiger charge is 2.81. The fraction of sp³-hybridized carbons (Fsp3) is 0.238. The van der Waals surface area contributed by atoms with E-state index >= 15 is 0 Å². The zero-order valence-corrected chi connectivity index (χ0v) is 19.1. The number of carbonyl (C=O) groups excluding carboxylic acids is 1. The summed E-state index contributed by atoms with van der Waals surface area (Å²) in [5, 5.41) is 2.41. The highest BCUT2D eigenvalue weighted by Crippen LogP contribution is 2.59. The van der Waals surface area contributed by atoms with Crippen molar-refractivity contribution in [2.45, 2.75) is 30.6 Å². The van der Waals surface area contributed by atoms with E-state index in [1.165, 1.54) is 30.5 Å². The highest BCUT2D eigenvalue weighted by atomic mass is 79.9. The molecule has 0 radical (unpaired) electrons. The van der Waals surface area contributed by atoms with E-state index in [4.69, 9.17) is 0 Å². The molecule has 1 atom stereocenters. The number of nitrogens with zero attached hydrogens (tertiary/aromatic N) is 1. The molecule has 37 heavy (non-hydrogen) atoms. The molecular formula is C21H10BrF11N2O2. The van der Waals surface area contributed by atoms with Gasteiger partial charge in [-0.25, -0.2) is 4.39 Å². The van der Waals surface area contributed by atoms with E-state index in [0.29, 0.717) is 10.9 Å². The third-order valence-corrected chi connectivity index (χ3v) is 5.58. The number of benzene rings is 2. The minimum absolute atomic E-state index is 0.141. The summed E-state index contributed by atoms with van der Waals surface area (Å²) in [5.74, 6) is -9.66. The second-order valence-electron chi connectivity index (χ2n) is 7.30. The molecule has 3 rings (SSSR count). The van der Waals surface area contributed by atoms with Crippen LogP contribution >= 0.6 is 15.9 Å². The monoisotopic (exact) mass is 610 g/mol. The molecule has 4 nitrogen and oxygen atoms in total. The van der Waals surface area contributed by atoms with Crippen molar-refractivity contribution < 1.29 is 57.8 Å². The van der Waals surface area contributed by atoms with Crippen molar-refractivity contribution in [3.63, 3.8) is 0 Å². The lowest BCUT2D eigenvalue weighted by molar-refractivity contribution is -0.389. The Hall–Kier alpha value is -3.17. The summed E-state index contributed by atoms with van der Waals surface area (Å²) in [4.78, 5) is 16.7. The van der Waals surface area contributed by atoms with E-state index in [-0.39, 0.29) is 11.6 Å². The second kappa shape index (κ2) is 9.61. The van der Waals surface area contributed by atoms with E-state index in [9.17, 15) is 53.1 Å². The average Bonchev–Trinajstić information content (AvgIpc) is 2.78. The minimum atomic E-state index is -7.05. The number of alkyl halides is 11. The van der Waals surface area contributed by atoms with Crippen LogP contribution in [-0.4, -0.2) is 35.8 Å². The Morgan fingerprint density at radius 1 is 0.919 bits per heavy atom. The van der Waals surface area contributed by atoms with Gasteiger partial charge in [-0.15, -0.1) is 0 Å². The third-order valence-electron chi connectivity index (χ3n) is 4.95. The van der Waals surface area contributed by atoms with Crippen molar-refractivity contribution in [2.75, 3.05) is 5.32 Å². The number of hydrogen-bond acceptors (Lipinski definition) is 3. The number of fused-ring (bicyclic) bond motifs is 1. The van der Waals surface area contributed by atoms with Crippen LogP contribution in [0, 0.1) is 0 Å². The number of aromatic nitrogens is 1. The van der Waals surface area contributed by atoms with Crippen molar-refractivity contribution >= 4 is 38.4 Å². The molecule has 16 heteroatoms. The number of ether oxygens (including phenoxy) is 1. The van der Waals surface area contributed by atoms with E-state index in [2.05, 4.69) is 25.7 Å². The maximum absolute atomic E-state index is 14.9. The number of halogens is 12. The molecule has 0 aliphatic carbocycles. The van der Waals surface area contributed by atoms with Gasteiger partial charge in [0.25, 0.3) is 5.91 Å². The summed E-state index contributed by atoms with van der Waals surface area (Å²) in [5.41, 5.74) is -9.43. The Bertz CT molecular complexity index is 1330. The van der Waals surface area contributed by atoms with Gasteiger partial charge in [0.1, 0.15) is 0 Å². The predicted octanol–water partition coefficient (Wildman–Crippen LogP) is 7.78. The van der Waals surface area contributed by atoms with Crippen LogP contribution in [0.25, 0.3) is 10.9 Å². The Morgan fingerprint density at radius 3 is 2.14 bits per heavy atom. The number of hydrogen-bond donors (Lipinski definition) is 1. The highest BCUT2D eigenvalue weighted by molar-refractivity contribution is 9.10. The summed E-state index contributed by atoms with van der Waals surface area (Å²) in [7, 11) is 0. The minimum Gasteiger partial charge on any atom is -0.433 e. The van der Waals surface area contributed by atoms with Crippen LogP contribution in [0.3, 0.4) is 0 Å². The maximum atomic E-state index is 14.9. The van der Waals surface area contributed by atoms with Crippen LogP contribution < -0.4 is 10.1 Å². The number of amides is 1. The molecule has 1 heterocycles. The number of nitrogens with one attached hydrogen (secondary N) is 1. The fourth-order valence-electron chi connectivity index (χ4n) is 3.21. The van der Waals surface area contributed by atoms with Crippen LogP contribution in [0.2, 0.25) is 0 Å². The van der Waals surface area contributed by atoms with Gasteiger partial charge in [-0.3, -0.25) is 9.78 Å². The van der Waals surface area contributed by atoms with Gasteiger partial charge in [0.2, 0.25) is 0 Å². The first-order chi connectivity index (χ1) is 16.9. The van der Waals surface area contributed by atoms with Gasteiger partial charge < -0.3 is 10.1 Å². The van der Waals surface area contributed by atoms with Crippen LogP contribution in [0.4, 0.5) is 54.0 Å². The predicted molar refractivity (Wildman–Crippen MR) is 110 cm³/mol. The van der Waals surface area contributed by atoms with E-state index < -0.39 is 64.0 Å². The van der Waals surface area contributed by atoms with Gasteiger partial charge in [0.15, 0.2) is 5.75 Å². The topological polar surface area (TPSA) is 51.2 Å². The first kappa shape index (κ1) is 28.4. The lowest BCUT2D eigenvalue weighted by Gasteiger charge is -2.36. The Morgan fingerprint density at radius 2 is 1.57 bits per heavy atom. The molecule has 0 saturated carbocycles. The first-order valence-electron chi connectivity index (χ1n) is 9.55. The normalized spacial score (nSPS) is 14.5. The molecule has 1 aromatic heterocycles. The van der Waals surface area contributed by atoms with Crippen molar-refractivity contribution in [3.05, 3.63) is 64.3 Å². The largest absolute Gasteiger partial charge is 0.457 e. The lowest BCUT2D eigenvalue weighted by Crippen LogP contribution is -2.59. The smallest absolute Gasteiger partial charge is 0.433 e. The molecule has 3 aromatic rings. The lowest BCUT2D eigenvalue weighted by atomic mass is 9.87. The first-order valence-corrected chi connectivity index (χ1v) is 10.3. The van der Waals surface area contributed by atoms with Gasteiger partial charge in [-0.05, 0) is 52.3 Å². The van der Waals surface area contributed by atoms with Gasteiger partial charge in [0, 0.05) is 27.2 Å². The molecule has 0 spiro atoms. The summed E-state index contributed by atoms with van der Waals surface area (Å²) in [6, 6.07) is 6.38. The SMILES string of the molecule is O=C(Nc1c(Br)cc(C(F)(C(F)(F)F)C(F)(F)C(F)(F)F)cc1OC(F)F)c1ccc2ncccc2c1. The van der Waals surface area contributed by atoms with Crippen LogP contribution in [0.15, 0.2) is 53.1 Å². The van der Waals surface area contributed by atoms with Gasteiger partial charge in [-0.1, -0.05) is 6.07 Å². The van der Waals surface area contributed by atoms with Crippen molar-refractivity contribution in [1.82, 2.24) is 4.98 Å². The second-order valence-corrected chi connectivity index (χ2v) is 8.16. The van der Waals surface area contributed by atoms with Crippen LogP contribution in [-0.2, 0) is 5.67 Å². The molecule has 0 saturated heterocycles. The molecule has 0 bridgehead atoms.